The van der Waals surface area contributed by atoms with E-state index in [9.17, 15) is 18.0 Å². The summed E-state index contributed by atoms with van der Waals surface area (Å²) in [5, 5.41) is 0. The molecule has 5 nitrogen and oxygen atoms in total. The van der Waals surface area contributed by atoms with Crippen LogP contribution in [0.3, 0.4) is 0 Å². The van der Waals surface area contributed by atoms with E-state index >= 15 is 0 Å². The minimum absolute atomic E-state index is 0.110. The zero-order valence-electron chi connectivity index (χ0n) is 18.0. The van der Waals surface area contributed by atoms with E-state index in [-0.39, 0.29) is 22.9 Å². The number of carbonyl (C=O) groups is 2. The van der Waals surface area contributed by atoms with Crippen LogP contribution in [0.2, 0.25) is 0 Å². The van der Waals surface area contributed by atoms with Crippen LogP contribution >= 0.6 is 0 Å². The Morgan fingerprint density at radius 1 is 0.844 bits per heavy atom. The molecule has 1 aliphatic heterocycles. The van der Waals surface area contributed by atoms with Crippen molar-refractivity contribution in [2.24, 2.45) is 5.92 Å². The van der Waals surface area contributed by atoms with E-state index in [4.69, 9.17) is 0 Å². The standard InChI is InChI=1S/C26H25NO4S/c1-18-13-15-22(16-14-18)32(30,31)27-24(26(29)21-11-7-4-8-12-21)17-23(19(2)28)25(27)20-9-5-3-6-10-20/h3-16,23-25H,17H2,1-2H3. The van der Waals surface area contributed by atoms with Gasteiger partial charge >= 0.3 is 0 Å². The Morgan fingerprint density at radius 2 is 1.41 bits per heavy atom. The number of nitrogens with zero attached hydrogens (tertiary/aromatic N) is 1. The summed E-state index contributed by atoms with van der Waals surface area (Å²) < 4.78 is 29.1. The van der Waals surface area contributed by atoms with Crippen LogP contribution in [0, 0.1) is 12.8 Å². The molecule has 1 saturated heterocycles. The lowest BCUT2D eigenvalue weighted by atomic mass is 9.89. The summed E-state index contributed by atoms with van der Waals surface area (Å²) in [5.41, 5.74) is 2.06. The number of benzene rings is 3. The second-order valence-corrected chi connectivity index (χ2v) is 10.0. The molecule has 3 atom stereocenters. The molecule has 164 valence electrons. The van der Waals surface area contributed by atoms with Crippen molar-refractivity contribution in [1.82, 2.24) is 4.31 Å². The predicted molar refractivity (Wildman–Crippen MR) is 123 cm³/mol. The third-order valence-electron chi connectivity index (χ3n) is 6.06. The van der Waals surface area contributed by atoms with E-state index in [1.807, 2.05) is 37.3 Å². The molecular formula is C26H25NO4S. The summed E-state index contributed by atoms with van der Waals surface area (Å²) >= 11 is 0. The van der Waals surface area contributed by atoms with E-state index in [0.29, 0.717) is 11.1 Å². The maximum atomic E-state index is 13.9. The first-order valence-electron chi connectivity index (χ1n) is 10.6. The number of ketones is 2. The van der Waals surface area contributed by atoms with Crippen molar-refractivity contribution in [3.63, 3.8) is 0 Å². The first-order chi connectivity index (χ1) is 15.3. The molecule has 0 saturated carbocycles. The number of rotatable bonds is 6. The molecular weight excluding hydrogens is 422 g/mol. The van der Waals surface area contributed by atoms with E-state index in [1.165, 1.54) is 11.2 Å². The average Bonchev–Trinajstić information content (AvgIpc) is 3.22. The second-order valence-electron chi connectivity index (χ2n) is 8.20. The molecule has 32 heavy (non-hydrogen) atoms. The van der Waals surface area contributed by atoms with Gasteiger partial charge in [0.15, 0.2) is 5.78 Å². The van der Waals surface area contributed by atoms with Gasteiger partial charge in [-0.25, -0.2) is 8.42 Å². The van der Waals surface area contributed by atoms with Gasteiger partial charge in [0.05, 0.1) is 17.0 Å². The van der Waals surface area contributed by atoms with Gasteiger partial charge in [0.2, 0.25) is 10.0 Å². The van der Waals surface area contributed by atoms with Crippen LogP contribution in [0.25, 0.3) is 0 Å². The second kappa shape index (κ2) is 8.81. The number of hydrogen-bond acceptors (Lipinski definition) is 4. The highest BCUT2D eigenvalue weighted by atomic mass is 32.2. The normalized spacial score (nSPS) is 21.4. The SMILES string of the molecule is CC(=O)C1CC(C(=O)c2ccccc2)N(S(=O)(=O)c2ccc(C)cc2)C1c1ccccc1. The van der Waals surface area contributed by atoms with Gasteiger partial charge in [0, 0.05) is 11.5 Å². The first kappa shape index (κ1) is 22.1. The lowest BCUT2D eigenvalue weighted by Gasteiger charge is -2.30. The van der Waals surface area contributed by atoms with Gasteiger partial charge in [-0.3, -0.25) is 9.59 Å². The van der Waals surface area contributed by atoms with Gasteiger partial charge in [-0.15, -0.1) is 0 Å². The van der Waals surface area contributed by atoms with Crippen molar-refractivity contribution >= 4 is 21.6 Å². The monoisotopic (exact) mass is 447 g/mol. The highest BCUT2D eigenvalue weighted by Gasteiger charge is 2.52. The molecule has 1 fully saturated rings. The molecule has 1 aliphatic rings. The lowest BCUT2D eigenvalue weighted by Crippen LogP contribution is -2.42. The number of Topliss-reactive ketones (excluding diaryl/α,β-unsaturated/α-hetero) is 2. The molecule has 0 radical (unpaired) electrons. The Kier molecular flexibility index (Phi) is 6.09. The number of sulfonamides is 1. The molecule has 0 aliphatic carbocycles. The van der Waals surface area contributed by atoms with Crippen LogP contribution in [0.1, 0.15) is 40.9 Å². The molecule has 0 spiro atoms. The molecule has 6 heteroatoms. The molecule has 3 aromatic rings. The fourth-order valence-corrected chi connectivity index (χ4v) is 6.24. The number of carbonyl (C=O) groups excluding carboxylic acids is 2. The molecule has 3 aromatic carbocycles. The summed E-state index contributed by atoms with van der Waals surface area (Å²) in [5.74, 6) is -1.05. The Morgan fingerprint density at radius 3 is 1.97 bits per heavy atom. The van der Waals surface area contributed by atoms with Gasteiger partial charge in [0.25, 0.3) is 0 Å². The van der Waals surface area contributed by atoms with E-state index in [1.54, 1.807) is 54.6 Å². The van der Waals surface area contributed by atoms with Gasteiger partial charge in [-0.05, 0) is 38.0 Å². The summed E-state index contributed by atoms with van der Waals surface area (Å²) in [7, 11) is -4.06. The Bertz CT molecular complexity index is 1220. The highest BCUT2D eigenvalue weighted by molar-refractivity contribution is 7.89. The van der Waals surface area contributed by atoms with Crippen LogP contribution < -0.4 is 0 Å². The van der Waals surface area contributed by atoms with Crippen molar-refractivity contribution in [2.75, 3.05) is 0 Å². The van der Waals surface area contributed by atoms with Crippen LogP contribution in [0.15, 0.2) is 89.8 Å². The summed E-state index contributed by atoms with van der Waals surface area (Å²) in [6.45, 7) is 3.35. The molecule has 1 heterocycles. The molecule has 0 bridgehead atoms. The molecule has 4 rings (SSSR count). The summed E-state index contributed by atoms with van der Waals surface area (Å²) in [6, 6.07) is 22.6. The molecule has 3 unspecified atom stereocenters. The maximum absolute atomic E-state index is 13.9. The van der Waals surface area contributed by atoms with Crippen LogP contribution in [-0.2, 0) is 14.8 Å². The Balaban J connectivity index is 1.89. The number of aryl methyl sites for hydroxylation is 1. The lowest BCUT2D eigenvalue weighted by molar-refractivity contribution is -0.121. The van der Waals surface area contributed by atoms with E-state index in [2.05, 4.69) is 0 Å². The Hall–Kier alpha value is -3.09. The fraction of sp³-hybridized carbons (Fsp3) is 0.231. The fourth-order valence-electron chi connectivity index (χ4n) is 4.43. The summed E-state index contributed by atoms with van der Waals surface area (Å²) in [4.78, 5) is 26.3. The smallest absolute Gasteiger partial charge is 0.244 e. The zero-order valence-corrected chi connectivity index (χ0v) is 18.8. The average molecular weight is 448 g/mol. The van der Waals surface area contributed by atoms with Crippen molar-refractivity contribution in [3.8, 4) is 0 Å². The van der Waals surface area contributed by atoms with Crippen LogP contribution in [-0.4, -0.2) is 30.3 Å². The topological polar surface area (TPSA) is 71.5 Å². The van der Waals surface area contributed by atoms with Gasteiger partial charge in [0.1, 0.15) is 5.78 Å². The summed E-state index contributed by atoms with van der Waals surface area (Å²) in [6.07, 6.45) is 0.147. The van der Waals surface area contributed by atoms with Crippen LogP contribution in [0.5, 0.6) is 0 Å². The van der Waals surface area contributed by atoms with Crippen LogP contribution in [0.4, 0.5) is 0 Å². The van der Waals surface area contributed by atoms with Crippen molar-refractivity contribution in [1.29, 1.82) is 0 Å². The molecule has 0 aromatic heterocycles. The van der Waals surface area contributed by atoms with Gasteiger partial charge < -0.3 is 0 Å². The van der Waals surface area contributed by atoms with E-state index in [0.717, 1.165) is 5.56 Å². The van der Waals surface area contributed by atoms with Gasteiger partial charge in [-0.2, -0.15) is 4.31 Å². The quantitative estimate of drug-likeness (QED) is 0.518. The van der Waals surface area contributed by atoms with Crippen molar-refractivity contribution in [3.05, 3.63) is 102 Å². The van der Waals surface area contributed by atoms with E-state index < -0.39 is 28.0 Å². The minimum atomic E-state index is -4.06. The largest absolute Gasteiger partial charge is 0.300 e. The third kappa shape index (κ3) is 4.04. The van der Waals surface area contributed by atoms with Crippen molar-refractivity contribution in [2.45, 2.75) is 37.2 Å². The number of hydrogen-bond donors (Lipinski definition) is 0. The first-order valence-corrected chi connectivity index (χ1v) is 12.0. The Labute approximate surface area is 188 Å². The van der Waals surface area contributed by atoms with Gasteiger partial charge in [-0.1, -0.05) is 78.4 Å². The third-order valence-corrected chi connectivity index (χ3v) is 7.96. The molecule has 0 amide bonds. The minimum Gasteiger partial charge on any atom is -0.300 e. The molecule has 0 N–H and O–H groups in total. The maximum Gasteiger partial charge on any atom is 0.244 e. The predicted octanol–water partition coefficient (Wildman–Crippen LogP) is 4.59. The van der Waals surface area contributed by atoms with Crippen molar-refractivity contribution < 1.29 is 18.0 Å². The zero-order chi connectivity index (χ0) is 22.9. The highest BCUT2D eigenvalue weighted by Crippen LogP contribution is 2.45.